The monoisotopic (exact) mass is 327 g/mol. The molecule has 0 radical (unpaired) electrons. The van der Waals surface area contributed by atoms with Gasteiger partial charge in [-0.25, -0.2) is 0 Å². The van der Waals surface area contributed by atoms with Crippen LogP contribution >= 0.6 is 0 Å². The lowest BCUT2D eigenvalue weighted by atomic mass is 10.0. The Morgan fingerprint density at radius 3 is 2.25 bits per heavy atom. The van der Waals surface area contributed by atoms with Gasteiger partial charge in [-0.2, -0.15) is 0 Å². The minimum atomic E-state index is -0.423. The predicted molar refractivity (Wildman–Crippen MR) is 92.7 cm³/mol. The van der Waals surface area contributed by atoms with Crippen molar-refractivity contribution in [1.82, 2.24) is 15.5 Å². The number of hydrogen-bond donors (Lipinski definition) is 3. The number of hydrogen-bond acceptors (Lipinski definition) is 5. The number of benzene rings is 1. The summed E-state index contributed by atoms with van der Waals surface area (Å²) in [4.78, 5) is 24.0. The molecule has 126 valence electrons. The SMILES string of the molecule is CNC(=O)C(Nc1ccc(C(=O)Nc2ccccc2)nn1)C(C)C. The van der Waals surface area contributed by atoms with Gasteiger partial charge in [-0.1, -0.05) is 32.0 Å². The molecule has 1 aromatic heterocycles. The zero-order chi connectivity index (χ0) is 17.5. The Bertz CT molecular complexity index is 686. The summed E-state index contributed by atoms with van der Waals surface area (Å²) in [7, 11) is 1.59. The Balaban J connectivity index is 2.04. The molecule has 1 atom stereocenters. The highest BCUT2D eigenvalue weighted by Crippen LogP contribution is 2.11. The van der Waals surface area contributed by atoms with Gasteiger partial charge in [0.15, 0.2) is 5.69 Å². The van der Waals surface area contributed by atoms with E-state index in [2.05, 4.69) is 26.1 Å². The Kier molecular flexibility index (Phi) is 5.83. The molecule has 0 saturated carbocycles. The first-order valence-electron chi connectivity index (χ1n) is 7.69. The van der Waals surface area contributed by atoms with E-state index in [-0.39, 0.29) is 23.4 Å². The second-order valence-corrected chi connectivity index (χ2v) is 5.60. The topological polar surface area (TPSA) is 96.0 Å². The van der Waals surface area contributed by atoms with Crippen LogP contribution in [0.5, 0.6) is 0 Å². The maximum Gasteiger partial charge on any atom is 0.276 e. The average molecular weight is 327 g/mol. The molecular formula is C17H21N5O2. The van der Waals surface area contributed by atoms with Crippen LogP contribution in [-0.4, -0.2) is 35.1 Å². The minimum absolute atomic E-state index is 0.0767. The maximum absolute atomic E-state index is 12.1. The first kappa shape index (κ1) is 17.4. The van der Waals surface area contributed by atoms with Crippen LogP contribution in [0.2, 0.25) is 0 Å². The number of amides is 2. The number of carbonyl (C=O) groups is 2. The van der Waals surface area contributed by atoms with Crippen LogP contribution < -0.4 is 16.0 Å². The van der Waals surface area contributed by atoms with Gasteiger partial charge in [0.2, 0.25) is 5.91 Å². The van der Waals surface area contributed by atoms with E-state index in [4.69, 9.17) is 0 Å². The third-order valence-electron chi connectivity index (χ3n) is 3.43. The molecule has 3 N–H and O–H groups in total. The van der Waals surface area contributed by atoms with Gasteiger partial charge in [0.1, 0.15) is 11.9 Å². The van der Waals surface area contributed by atoms with Gasteiger partial charge >= 0.3 is 0 Å². The summed E-state index contributed by atoms with van der Waals surface area (Å²) in [6.45, 7) is 3.87. The van der Waals surface area contributed by atoms with Crippen molar-refractivity contribution < 1.29 is 9.59 Å². The van der Waals surface area contributed by atoms with E-state index in [0.717, 1.165) is 0 Å². The Hall–Kier alpha value is -2.96. The highest BCUT2D eigenvalue weighted by atomic mass is 16.2. The lowest BCUT2D eigenvalue weighted by molar-refractivity contribution is -0.122. The smallest absolute Gasteiger partial charge is 0.276 e. The van der Waals surface area contributed by atoms with Gasteiger partial charge in [-0.15, -0.1) is 10.2 Å². The minimum Gasteiger partial charge on any atom is -0.357 e. The second-order valence-electron chi connectivity index (χ2n) is 5.60. The van der Waals surface area contributed by atoms with E-state index in [0.29, 0.717) is 11.5 Å². The molecule has 0 saturated heterocycles. The molecule has 0 aliphatic rings. The highest BCUT2D eigenvalue weighted by molar-refractivity contribution is 6.02. The van der Waals surface area contributed by atoms with Crippen LogP contribution in [0.4, 0.5) is 11.5 Å². The predicted octanol–water partition coefficient (Wildman–Crippen LogP) is 1.91. The third kappa shape index (κ3) is 4.52. The fraction of sp³-hybridized carbons (Fsp3) is 0.294. The summed E-state index contributed by atoms with van der Waals surface area (Å²) in [5.74, 6) is 0.0472. The summed E-state index contributed by atoms with van der Waals surface area (Å²) < 4.78 is 0. The molecule has 1 heterocycles. The van der Waals surface area contributed by atoms with Crippen molar-refractivity contribution >= 4 is 23.3 Å². The van der Waals surface area contributed by atoms with E-state index >= 15 is 0 Å². The number of anilines is 2. The fourth-order valence-corrected chi connectivity index (χ4v) is 2.10. The number of nitrogens with one attached hydrogen (secondary N) is 3. The molecule has 24 heavy (non-hydrogen) atoms. The van der Waals surface area contributed by atoms with Crippen molar-refractivity contribution in [2.24, 2.45) is 5.92 Å². The molecule has 0 fully saturated rings. The van der Waals surface area contributed by atoms with Crippen LogP contribution in [0.25, 0.3) is 0 Å². The lowest BCUT2D eigenvalue weighted by Crippen LogP contribution is -2.41. The first-order chi connectivity index (χ1) is 11.5. The standard InChI is InChI=1S/C17H21N5O2/c1-11(2)15(17(24)18-3)20-14-10-9-13(21-22-14)16(23)19-12-7-5-4-6-8-12/h4-11,15H,1-3H3,(H,18,24)(H,19,23)(H,20,22). The summed E-state index contributed by atoms with van der Waals surface area (Å²) >= 11 is 0. The molecular weight excluding hydrogens is 306 g/mol. The largest absolute Gasteiger partial charge is 0.357 e. The van der Waals surface area contributed by atoms with Gasteiger partial charge in [0.05, 0.1) is 0 Å². The summed E-state index contributed by atoms with van der Waals surface area (Å²) in [5, 5.41) is 16.3. The van der Waals surface area contributed by atoms with Crippen molar-refractivity contribution in [3.05, 3.63) is 48.2 Å². The van der Waals surface area contributed by atoms with Crippen LogP contribution in [0, 0.1) is 5.92 Å². The van der Waals surface area contributed by atoms with E-state index in [1.54, 1.807) is 31.3 Å². The number of nitrogens with zero attached hydrogens (tertiary/aromatic N) is 2. The molecule has 2 aromatic rings. The summed E-state index contributed by atoms with van der Waals surface area (Å²) in [6.07, 6.45) is 0. The molecule has 7 heteroatoms. The molecule has 2 rings (SSSR count). The van der Waals surface area contributed by atoms with Crippen LogP contribution in [0.3, 0.4) is 0 Å². The lowest BCUT2D eigenvalue weighted by Gasteiger charge is -2.20. The number of carbonyl (C=O) groups excluding carboxylic acids is 2. The molecule has 0 bridgehead atoms. The number of likely N-dealkylation sites (N-methyl/N-ethyl adjacent to an activating group) is 1. The molecule has 2 amide bonds. The highest BCUT2D eigenvalue weighted by Gasteiger charge is 2.21. The Morgan fingerprint density at radius 2 is 1.71 bits per heavy atom. The van der Waals surface area contributed by atoms with Gasteiger partial charge in [-0.3, -0.25) is 9.59 Å². The van der Waals surface area contributed by atoms with E-state index < -0.39 is 6.04 Å². The van der Waals surface area contributed by atoms with Gasteiger partial charge in [0.25, 0.3) is 5.91 Å². The van der Waals surface area contributed by atoms with Crippen molar-refractivity contribution in [1.29, 1.82) is 0 Å². The van der Waals surface area contributed by atoms with Crippen molar-refractivity contribution in [2.45, 2.75) is 19.9 Å². The normalized spacial score (nSPS) is 11.7. The molecule has 0 aliphatic heterocycles. The quantitative estimate of drug-likeness (QED) is 0.753. The van der Waals surface area contributed by atoms with E-state index in [9.17, 15) is 9.59 Å². The molecule has 1 aromatic carbocycles. The Morgan fingerprint density at radius 1 is 1.00 bits per heavy atom. The van der Waals surface area contributed by atoms with E-state index in [1.807, 2.05) is 32.0 Å². The van der Waals surface area contributed by atoms with Crippen molar-refractivity contribution in [3.8, 4) is 0 Å². The Labute approximate surface area is 140 Å². The average Bonchev–Trinajstić information content (AvgIpc) is 2.60. The number of aromatic nitrogens is 2. The zero-order valence-corrected chi connectivity index (χ0v) is 13.9. The van der Waals surface area contributed by atoms with Crippen molar-refractivity contribution in [3.63, 3.8) is 0 Å². The fourth-order valence-electron chi connectivity index (χ4n) is 2.10. The third-order valence-corrected chi connectivity index (χ3v) is 3.43. The van der Waals surface area contributed by atoms with Gasteiger partial charge in [0, 0.05) is 12.7 Å². The number of rotatable bonds is 6. The maximum atomic E-state index is 12.1. The first-order valence-corrected chi connectivity index (χ1v) is 7.69. The molecule has 0 spiro atoms. The van der Waals surface area contributed by atoms with Gasteiger partial charge in [-0.05, 0) is 30.2 Å². The van der Waals surface area contributed by atoms with Gasteiger partial charge < -0.3 is 16.0 Å². The second kappa shape index (κ2) is 8.05. The van der Waals surface area contributed by atoms with Crippen molar-refractivity contribution in [2.75, 3.05) is 17.7 Å². The summed E-state index contributed by atoms with van der Waals surface area (Å²) in [5.41, 5.74) is 0.886. The van der Waals surface area contributed by atoms with Crippen LogP contribution in [0.1, 0.15) is 24.3 Å². The summed E-state index contributed by atoms with van der Waals surface area (Å²) in [6, 6.07) is 11.9. The molecule has 1 unspecified atom stereocenters. The zero-order valence-electron chi connectivity index (χ0n) is 13.9. The van der Waals surface area contributed by atoms with Crippen LogP contribution in [0.15, 0.2) is 42.5 Å². The number of para-hydroxylation sites is 1. The molecule has 0 aliphatic carbocycles. The van der Waals surface area contributed by atoms with E-state index in [1.165, 1.54) is 0 Å². The molecule has 7 nitrogen and oxygen atoms in total. The van der Waals surface area contributed by atoms with Crippen LogP contribution in [-0.2, 0) is 4.79 Å².